The molecule has 4 aromatic carbocycles. The minimum absolute atomic E-state index is 0.139. The van der Waals surface area contributed by atoms with Crippen LogP contribution in [0.3, 0.4) is 0 Å². The zero-order valence-electron chi connectivity index (χ0n) is 21.8. The van der Waals surface area contributed by atoms with Gasteiger partial charge in [-0.1, -0.05) is 114 Å². The maximum atomic E-state index is 2.36. The van der Waals surface area contributed by atoms with E-state index in [2.05, 4.69) is 136 Å². The van der Waals surface area contributed by atoms with Gasteiger partial charge in [0.05, 0.1) is 0 Å². The standard InChI is InChI=1S/C34H39N/c1-5-6-7-9-12-27-15-21-31(22-16-27)35(33-25-19-30(20-26-33)34(2,3)4)32-23-17-29(18-24-32)28-13-10-8-11-14-28/h8,10-11,13-26H,5-7,9,12H2,1-4H3. The Bertz CT molecular complexity index is 1160. The van der Waals surface area contributed by atoms with Crippen LogP contribution in [0.4, 0.5) is 17.1 Å². The summed E-state index contributed by atoms with van der Waals surface area (Å²) in [5, 5.41) is 0. The van der Waals surface area contributed by atoms with Gasteiger partial charge < -0.3 is 4.90 Å². The third kappa shape index (κ3) is 6.42. The molecule has 0 heterocycles. The van der Waals surface area contributed by atoms with Gasteiger partial charge in [0.1, 0.15) is 0 Å². The fourth-order valence-electron chi connectivity index (χ4n) is 4.56. The van der Waals surface area contributed by atoms with E-state index in [0.29, 0.717) is 0 Å². The molecule has 0 saturated heterocycles. The average Bonchev–Trinajstić information content (AvgIpc) is 2.88. The lowest BCUT2D eigenvalue weighted by Gasteiger charge is -2.27. The molecule has 1 heteroatoms. The molecule has 0 saturated carbocycles. The van der Waals surface area contributed by atoms with E-state index in [-0.39, 0.29) is 5.41 Å². The summed E-state index contributed by atoms with van der Waals surface area (Å²) in [5.41, 5.74) is 8.94. The minimum Gasteiger partial charge on any atom is -0.311 e. The highest BCUT2D eigenvalue weighted by Gasteiger charge is 2.16. The second kappa shape index (κ2) is 11.4. The summed E-state index contributed by atoms with van der Waals surface area (Å²) < 4.78 is 0. The Morgan fingerprint density at radius 2 is 1.06 bits per heavy atom. The molecular weight excluding hydrogens is 422 g/mol. The fourth-order valence-corrected chi connectivity index (χ4v) is 4.56. The molecule has 0 radical (unpaired) electrons. The predicted octanol–water partition coefficient (Wildman–Crippen LogP) is 10.2. The molecule has 0 atom stereocenters. The summed E-state index contributed by atoms with van der Waals surface area (Å²) in [6, 6.07) is 37.7. The van der Waals surface area contributed by atoms with Crippen molar-refractivity contribution in [2.24, 2.45) is 0 Å². The van der Waals surface area contributed by atoms with Gasteiger partial charge in [0.25, 0.3) is 0 Å². The average molecular weight is 462 g/mol. The molecular formula is C34H39N. The molecule has 0 spiro atoms. The van der Waals surface area contributed by atoms with Crippen molar-refractivity contribution in [2.75, 3.05) is 4.90 Å². The van der Waals surface area contributed by atoms with Gasteiger partial charge in [-0.15, -0.1) is 0 Å². The van der Waals surface area contributed by atoms with Crippen molar-refractivity contribution in [2.45, 2.75) is 65.2 Å². The Morgan fingerprint density at radius 1 is 0.543 bits per heavy atom. The molecule has 0 aliphatic rings. The molecule has 0 aliphatic heterocycles. The van der Waals surface area contributed by atoms with Crippen molar-refractivity contribution in [1.82, 2.24) is 0 Å². The van der Waals surface area contributed by atoms with Gasteiger partial charge in [0.15, 0.2) is 0 Å². The Balaban J connectivity index is 1.65. The molecule has 0 amide bonds. The molecule has 0 aliphatic carbocycles. The summed E-state index contributed by atoms with van der Waals surface area (Å²) in [7, 11) is 0. The zero-order chi connectivity index (χ0) is 24.7. The molecule has 0 fully saturated rings. The Kier molecular flexibility index (Phi) is 8.08. The number of hydrogen-bond donors (Lipinski definition) is 0. The quantitative estimate of drug-likeness (QED) is 0.224. The second-order valence-corrected chi connectivity index (χ2v) is 10.5. The SMILES string of the molecule is CCCCCCc1ccc(N(c2ccc(-c3ccccc3)cc2)c2ccc(C(C)(C)C)cc2)cc1. The summed E-state index contributed by atoms with van der Waals surface area (Å²) in [4.78, 5) is 2.36. The number of rotatable bonds is 9. The van der Waals surface area contributed by atoms with Gasteiger partial charge in [-0.3, -0.25) is 0 Å². The highest BCUT2D eigenvalue weighted by molar-refractivity contribution is 5.78. The number of unbranched alkanes of at least 4 members (excludes halogenated alkanes) is 3. The number of anilines is 3. The van der Waals surface area contributed by atoms with Gasteiger partial charge in [0, 0.05) is 17.1 Å². The van der Waals surface area contributed by atoms with Crippen LogP contribution in [0.25, 0.3) is 11.1 Å². The first-order valence-corrected chi connectivity index (χ1v) is 13.1. The fraction of sp³-hybridized carbons (Fsp3) is 0.294. The Morgan fingerprint density at radius 3 is 1.60 bits per heavy atom. The van der Waals surface area contributed by atoms with Crippen LogP contribution in [-0.2, 0) is 11.8 Å². The number of nitrogens with zero attached hydrogens (tertiary/aromatic N) is 1. The lowest BCUT2D eigenvalue weighted by molar-refractivity contribution is 0.590. The van der Waals surface area contributed by atoms with E-state index in [9.17, 15) is 0 Å². The first kappa shape index (κ1) is 24.8. The number of aryl methyl sites for hydroxylation is 1. The van der Waals surface area contributed by atoms with Gasteiger partial charge in [0.2, 0.25) is 0 Å². The monoisotopic (exact) mass is 461 g/mol. The normalized spacial score (nSPS) is 11.4. The molecule has 1 nitrogen and oxygen atoms in total. The first-order valence-electron chi connectivity index (χ1n) is 13.1. The molecule has 0 unspecified atom stereocenters. The summed E-state index contributed by atoms with van der Waals surface area (Å²) in [5.74, 6) is 0. The maximum absolute atomic E-state index is 2.36. The molecule has 0 N–H and O–H groups in total. The van der Waals surface area contributed by atoms with Crippen LogP contribution in [0.15, 0.2) is 103 Å². The van der Waals surface area contributed by atoms with Crippen molar-refractivity contribution < 1.29 is 0 Å². The lowest BCUT2D eigenvalue weighted by atomic mass is 9.87. The van der Waals surface area contributed by atoms with Crippen LogP contribution in [0.2, 0.25) is 0 Å². The van der Waals surface area contributed by atoms with Crippen LogP contribution < -0.4 is 4.90 Å². The van der Waals surface area contributed by atoms with E-state index in [4.69, 9.17) is 0 Å². The summed E-state index contributed by atoms with van der Waals surface area (Å²) >= 11 is 0. The van der Waals surface area contributed by atoms with Crippen molar-refractivity contribution in [3.63, 3.8) is 0 Å². The topological polar surface area (TPSA) is 3.24 Å². The summed E-state index contributed by atoms with van der Waals surface area (Å²) in [6.07, 6.45) is 6.36. The molecule has 0 bridgehead atoms. The molecule has 0 aromatic heterocycles. The first-order chi connectivity index (χ1) is 17.0. The highest BCUT2D eigenvalue weighted by atomic mass is 15.1. The van der Waals surface area contributed by atoms with Gasteiger partial charge in [-0.25, -0.2) is 0 Å². The van der Waals surface area contributed by atoms with Gasteiger partial charge >= 0.3 is 0 Å². The van der Waals surface area contributed by atoms with Crippen LogP contribution in [0, 0.1) is 0 Å². The van der Waals surface area contributed by atoms with E-state index in [1.54, 1.807) is 0 Å². The molecule has 4 rings (SSSR count). The van der Waals surface area contributed by atoms with Crippen molar-refractivity contribution >= 4 is 17.1 Å². The largest absolute Gasteiger partial charge is 0.311 e. The molecule has 35 heavy (non-hydrogen) atoms. The van der Waals surface area contributed by atoms with Gasteiger partial charge in [-0.05, 0) is 76.9 Å². The Labute approximate surface area is 212 Å². The van der Waals surface area contributed by atoms with E-state index in [0.717, 1.165) is 6.42 Å². The van der Waals surface area contributed by atoms with Crippen molar-refractivity contribution in [3.8, 4) is 11.1 Å². The number of benzene rings is 4. The van der Waals surface area contributed by atoms with Crippen LogP contribution in [-0.4, -0.2) is 0 Å². The predicted molar refractivity (Wildman–Crippen MR) is 153 cm³/mol. The zero-order valence-corrected chi connectivity index (χ0v) is 21.8. The van der Waals surface area contributed by atoms with E-state index >= 15 is 0 Å². The molecule has 4 aromatic rings. The second-order valence-electron chi connectivity index (χ2n) is 10.5. The Hall–Kier alpha value is -3.32. The third-order valence-electron chi connectivity index (χ3n) is 6.74. The maximum Gasteiger partial charge on any atom is 0.0462 e. The highest BCUT2D eigenvalue weighted by Crippen LogP contribution is 2.37. The van der Waals surface area contributed by atoms with Crippen LogP contribution >= 0.6 is 0 Å². The van der Waals surface area contributed by atoms with Crippen molar-refractivity contribution in [3.05, 3.63) is 114 Å². The third-order valence-corrected chi connectivity index (χ3v) is 6.74. The van der Waals surface area contributed by atoms with Crippen LogP contribution in [0.1, 0.15) is 64.5 Å². The van der Waals surface area contributed by atoms with E-state index in [1.807, 2.05) is 0 Å². The van der Waals surface area contributed by atoms with Crippen molar-refractivity contribution in [1.29, 1.82) is 0 Å². The smallest absolute Gasteiger partial charge is 0.0462 e. The van der Waals surface area contributed by atoms with Crippen LogP contribution in [0.5, 0.6) is 0 Å². The van der Waals surface area contributed by atoms with E-state index in [1.165, 1.54) is 65.0 Å². The molecule has 180 valence electrons. The van der Waals surface area contributed by atoms with E-state index < -0.39 is 0 Å². The minimum atomic E-state index is 0.139. The number of hydrogen-bond acceptors (Lipinski definition) is 1. The van der Waals surface area contributed by atoms with Gasteiger partial charge in [-0.2, -0.15) is 0 Å². The summed E-state index contributed by atoms with van der Waals surface area (Å²) in [6.45, 7) is 9.06. The lowest BCUT2D eigenvalue weighted by Crippen LogP contribution is -2.13.